The minimum Gasteiger partial charge on any atom is -0.494 e. The second-order valence-electron chi connectivity index (χ2n) is 6.05. The summed E-state index contributed by atoms with van der Waals surface area (Å²) in [5, 5.41) is 39.9. The van der Waals surface area contributed by atoms with E-state index in [2.05, 4.69) is 4.99 Å². The molecule has 5 atom stereocenters. The summed E-state index contributed by atoms with van der Waals surface area (Å²) in [5.41, 5.74) is -2.19. The van der Waals surface area contributed by atoms with Crippen LogP contribution in [0.15, 0.2) is 14.6 Å². The van der Waals surface area contributed by atoms with Crippen molar-refractivity contribution in [2.45, 2.75) is 36.7 Å². The normalized spacial score (nSPS) is 29.8. The monoisotopic (exact) mass is 389 g/mol. The maximum absolute atomic E-state index is 12.4. The third-order valence-electron chi connectivity index (χ3n) is 4.42. The molecular weight excluding hydrogens is 366 g/mol. The van der Waals surface area contributed by atoms with Gasteiger partial charge in [0.25, 0.3) is 5.56 Å². The summed E-state index contributed by atoms with van der Waals surface area (Å²) in [4.78, 5) is 28.5. The van der Waals surface area contributed by atoms with Gasteiger partial charge in [0.15, 0.2) is 0 Å². The van der Waals surface area contributed by atoms with Crippen molar-refractivity contribution in [1.29, 1.82) is 0 Å². The number of aliphatic hydroxyl groups is 3. The zero-order valence-corrected chi connectivity index (χ0v) is 15.7. The fraction of sp³-hybridized carbons (Fsp3) is 0.667. The minimum absolute atomic E-state index is 0.0834. The Labute approximate surface area is 153 Å². The molecule has 4 N–H and O–H groups in total. The van der Waals surface area contributed by atoms with Gasteiger partial charge in [-0.15, -0.1) is 11.8 Å². The third-order valence-corrected chi connectivity index (χ3v) is 5.27. The number of ether oxygens (including phenoxy) is 1. The summed E-state index contributed by atoms with van der Waals surface area (Å²) < 4.78 is 7.29. The molecule has 1 aliphatic heterocycles. The van der Waals surface area contributed by atoms with Gasteiger partial charge in [-0.1, -0.05) is 0 Å². The fourth-order valence-electron chi connectivity index (χ4n) is 2.84. The van der Waals surface area contributed by atoms with Crippen molar-refractivity contribution in [1.82, 2.24) is 9.13 Å². The molecule has 26 heavy (non-hydrogen) atoms. The highest BCUT2D eigenvalue weighted by Gasteiger charge is 2.44. The van der Waals surface area contributed by atoms with Crippen molar-refractivity contribution in [2.75, 3.05) is 12.9 Å². The first-order chi connectivity index (χ1) is 12.1. The van der Waals surface area contributed by atoms with E-state index >= 15 is 0 Å². The van der Waals surface area contributed by atoms with Crippen molar-refractivity contribution in [3.05, 3.63) is 26.4 Å². The molecule has 1 aromatic rings. The Morgan fingerprint density at radius 3 is 2.38 bits per heavy atom. The molecule has 2 heterocycles. The molecule has 0 amide bonds. The summed E-state index contributed by atoms with van der Waals surface area (Å²) in [6.07, 6.45) is -1.94. The topological polar surface area (TPSA) is 147 Å². The number of hydrogen-bond donors (Lipinski definition) is 4. The summed E-state index contributed by atoms with van der Waals surface area (Å²) >= 11 is 1.22. The number of nitrogens with zero attached hydrogens (tertiary/aromatic N) is 3. The summed E-state index contributed by atoms with van der Waals surface area (Å²) in [5.74, 6) is -0.542. The van der Waals surface area contributed by atoms with Crippen molar-refractivity contribution in [3.63, 3.8) is 0 Å². The highest BCUT2D eigenvalue weighted by molar-refractivity contribution is 7.99. The lowest BCUT2D eigenvalue weighted by molar-refractivity contribution is -0.165. The van der Waals surface area contributed by atoms with E-state index in [0.29, 0.717) is 0 Å². The Hall–Kier alpha value is -1.66. The highest BCUT2D eigenvalue weighted by atomic mass is 32.2. The Kier molecular flexibility index (Phi) is 6.29. The SMILES string of the molecule is CSC1OC(CO)C(O)C(O)C1N=C(C)c1c(O)n(C)c(=O)n(C)c1=O. The van der Waals surface area contributed by atoms with Crippen LogP contribution in [-0.2, 0) is 18.8 Å². The Balaban J connectivity index is 2.53. The van der Waals surface area contributed by atoms with E-state index < -0.39 is 53.5 Å². The minimum atomic E-state index is -1.36. The van der Waals surface area contributed by atoms with Crippen LogP contribution >= 0.6 is 11.8 Å². The van der Waals surface area contributed by atoms with Gasteiger partial charge in [-0.3, -0.25) is 18.9 Å². The zero-order valence-electron chi connectivity index (χ0n) is 14.9. The molecule has 0 bridgehead atoms. The molecule has 11 heteroatoms. The lowest BCUT2D eigenvalue weighted by atomic mass is 9.98. The Morgan fingerprint density at radius 2 is 1.85 bits per heavy atom. The van der Waals surface area contributed by atoms with Gasteiger partial charge < -0.3 is 25.2 Å². The van der Waals surface area contributed by atoms with Gasteiger partial charge in [-0.25, -0.2) is 4.79 Å². The van der Waals surface area contributed by atoms with Crippen LogP contribution < -0.4 is 11.2 Å². The van der Waals surface area contributed by atoms with E-state index in [9.17, 15) is 30.0 Å². The number of aliphatic imine (C=N–C) groups is 1. The van der Waals surface area contributed by atoms with E-state index in [1.54, 1.807) is 6.26 Å². The van der Waals surface area contributed by atoms with E-state index in [1.165, 1.54) is 32.8 Å². The molecule has 0 radical (unpaired) electrons. The smallest absolute Gasteiger partial charge is 0.333 e. The molecule has 1 saturated heterocycles. The van der Waals surface area contributed by atoms with Gasteiger partial charge >= 0.3 is 5.69 Å². The first-order valence-corrected chi connectivity index (χ1v) is 9.13. The molecule has 1 aromatic heterocycles. The molecule has 0 saturated carbocycles. The van der Waals surface area contributed by atoms with Gasteiger partial charge in [0.1, 0.15) is 35.4 Å². The molecule has 2 rings (SSSR count). The maximum Gasteiger partial charge on any atom is 0.333 e. The number of aliphatic hydroxyl groups excluding tert-OH is 3. The van der Waals surface area contributed by atoms with Crippen molar-refractivity contribution >= 4 is 17.5 Å². The summed E-state index contributed by atoms with van der Waals surface area (Å²) in [7, 11) is 2.59. The zero-order chi connectivity index (χ0) is 19.8. The lowest BCUT2D eigenvalue weighted by Crippen LogP contribution is -2.57. The van der Waals surface area contributed by atoms with Crippen molar-refractivity contribution in [2.24, 2.45) is 19.1 Å². The summed E-state index contributed by atoms with van der Waals surface area (Å²) in [6.45, 7) is 0.988. The van der Waals surface area contributed by atoms with E-state index in [-0.39, 0.29) is 11.3 Å². The predicted octanol–water partition coefficient (Wildman–Crippen LogP) is -2.23. The second kappa shape index (κ2) is 7.92. The molecule has 0 aromatic carbocycles. The first kappa shape index (κ1) is 20.6. The first-order valence-electron chi connectivity index (χ1n) is 7.84. The van der Waals surface area contributed by atoms with Crippen LogP contribution in [0.4, 0.5) is 0 Å². The van der Waals surface area contributed by atoms with Crippen LogP contribution in [0, 0.1) is 0 Å². The van der Waals surface area contributed by atoms with Crippen LogP contribution in [-0.4, -0.2) is 77.9 Å². The lowest BCUT2D eigenvalue weighted by Gasteiger charge is -2.40. The number of thioether (sulfide) groups is 1. The van der Waals surface area contributed by atoms with Gasteiger partial charge in [0.05, 0.1) is 12.3 Å². The van der Waals surface area contributed by atoms with Crippen LogP contribution in [0.2, 0.25) is 0 Å². The number of aromatic hydroxyl groups is 1. The number of aromatic nitrogens is 2. The molecule has 0 spiro atoms. The molecule has 10 nitrogen and oxygen atoms in total. The number of rotatable bonds is 4. The van der Waals surface area contributed by atoms with Gasteiger partial charge in [-0.2, -0.15) is 0 Å². The Morgan fingerprint density at radius 1 is 1.23 bits per heavy atom. The highest BCUT2D eigenvalue weighted by Crippen LogP contribution is 2.29. The van der Waals surface area contributed by atoms with Crippen LogP contribution in [0.3, 0.4) is 0 Å². The predicted molar refractivity (Wildman–Crippen MR) is 95.9 cm³/mol. The van der Waals surface area contributed by atoms with Gasteiger partial charge in [-0.05, 0) is 13.2 Å². The third kappa shape index (κ3) is 3.45. The molecule has 1 aliphatic rings. The van der Waals surface area contributed by atoms with E-state index in [0.717, 1.165) is 9.13 Å². The summed E-state index contributed by atoms with van der Waals surface area (Å²) in [6, 6.07) is -0.941. The molecular formula is C15H23N3O7S. The molecule has 0 aliphatic carbocycles. The average Bonchev–Trinajstić information content (AvgIpc) is 2.62. The van der Waals surface area contributed by atoms with E-state index in [4.69, 9.17) is 4.74 Å². The van der Waals surface area contributed by atoms with Crippen molar-refractivity contribution < 1.29 is 25.2 Å². The van der Waals surface area contributed by atoms with E-state index in [1.807, 2.05) is 0 Å². The largest absolute Gasteiger partial charge is 0.494 e. The van der Waals surface area contributed by atoms with Crippen molar-refractivity contribution in [3.8, 4) is 5.88 Å². The van der Waals surface area contributed by atoms with Gasteiger partial charge in [0.2, 0.25) is 5.88 Å². The average molecular weight is 389 g/mol. The second-order valence-corrected chi connectivity index (χ2v) is 6.99. The molecule has 146 valence electrons. The van der Waals surface area contributed by atoms with Gasteiger partial charge in [0, 0.05) is 14.1 Å². The van der Waals surface area contributed by atoms with Crippen LogP contribution in [0.5, 0.6) is 5.88 Å². The fourth-order valence-corrected chi connectivity index (χ4v) is 3.59. The standard InChI is InChI=1S/C15H23N3O7S/c1-6(8-12(22)17(2)15(24)18(3)13(8)23)16-9-11(21)10(20)7(5-19)25-14(9)26-4/h7,9-11,14,19-22H,5H2,1-4H3. The number of hydrogen-bond acceptors (Lipinski definition) is 9. The Bertz CT molecular complexity index is 817. The maximum atomic E-state index is 12.4. The molecule has 5 unspecified atom stereocenters. The van der Waals surface area contributed by atoms with Crippen LogP contribution in [0.25, 0.3) is 0 Å². The molecule has 1 fully saturated rings. The quantitative estimate of drug-likeness (QED) is 0.423. The van der Waals surface area contributed by atoms with Crippen LogP contribution in [0.1, 0.15) is 12.5 Å².